The Bertz CT molecular complexity index is 415. The molecule has 0 saturated heterocycles. The highest BCUT2D eigenvalue weighted by Gasteiger charge is 2.31. The van der Waals surface area contributed by atoms with E-state index in [1.807, 2.05) is 39.0 Å². The first-order valence-corrected chi connectivity index (χ1v) is 6.79. The standard InChI is InChI=1S/C15H25N3O2/c1-15(2,3)13(16)14(19)18(9-10-20-4)11-12-7-5-6-8-17-12/h5-8,13H,9-11,16H2,1-4H3/t13-/m0/s1. The summed E-state index contributed by atoms with van der Waals surface area (Å²) in [6, 6.07) is 5.12. The molecule has 0 aromatic carbocycles. The summed E-state index contributed by atoms with van der Waals surface area (Å²) in [6.07, 6.45) is 1.72. The number of ether oxygens (including phenoxy) is 1. The molecule has 112 valence electrons. The number of methoxy groups -OCH3 is 1. The average Bonchev–Trinajstić information content (AvgIpc) is 2.42. The normalized spacial score (nSPS) is 13.1. The summed E-state index contributed by atoms with van der Waals surface area (Å²) in [6.45, 7) is 7.33. The average molecular weight is 279 g/mol. The second kappa shape index (κ2) is 7.36. The van der Waals surface area contributed by atoms with Crippen molar-refractivity contribution in [1.29, 1.82) is 0 Å². The number of rotatable bonds is 6. The highest BCUT2D eigenvalue weighted by atomic mass is 16.5. The lowest BCUT2D eigenvalue weighted by molar-refractivity contribution is -0.136. The van der Waals surface area contributed by atoms with E-state index in [0.717, 1.165) is 5.69 Å². The third-order valence-electron chi connectivity index (χ3n) is 3.16. The quantitative estimate of drug-likeness (QED) is 0.855. The van der Waals surface area contributed by atoms with Crippen LogP contribution in [0.5, 0.6) is 0 Å². The molecule has 0 radical (unpaired) electrons. The van der Waals surface area contributed by atoms with Crippen LogP contribution >= 0.6 is 0 Å². The number of pyridine rings is 1. The molecular weight excluding hydrogens is 254 g/mol. The Morgan fingerprint density at radius 3 is 2.65 bits per heavy atom. The fraction of sp³-hybridized carbons (Fsp3) is 0.600. The van der Waals surface area contributed by atoms with Crippen molar-refractivity contribution in [2.45, 2.75) is 33.4 Å². The summed E-state index contributed by atoms with van der Waals surface area (Å²) in [4.78, 5) is 18.5. The number of nitrogens with two attached hydrogens (primary N) is 1. The van der Waals surface area contributed by atoms with E-state index in [1.165, 1.54) is 0 Å². The zero-order valence-corrected chi connectivity index (χ0v) is 12.8. The highest BCUT2D eigenvalue weighted by molar-refractivity contribution is 5.82. The molecule has 0 bridgehead atoms. The predicted octanol–water partition coefficient (Wildman–Crippen LogP) is 1.43. The van der Waals surface area contributed by atoms with Crippen LogP contribution in [-0.4, -0.2) is 42.1 Å². The van der Waals surface area contributed by atoms with Gasteiger partial charge >= 0.3 is 0 Å². The molecule has 0 spiro atoms. The van der Waals surface area contributed by atoms with Crippen molar-refractivity contribution in [3.05, 3.63) is 30.1 Å². The molecule has 1 heterocycles. The number of carbonyl (C=O) groups excluding carboxylic acids is 1. The van der Waals surface area contributed by atoms with Gasteiger partial charge in [0.25, 0.3) is 0 Å². The summed E-state index contributed by atoms with van der Waals surface area (Å²) in [5.41, 5.74) is 6.64. The molecule has 1 aromatic rings. The Kier molecular flexibility index (Phi) is 6.10. The van der Waals surface area contributed by atoms with Gasteiger partial charge in [-0.3, -0.25) is 9.78 Å². The van der Waals surface area contributed by atoms with Crippen LogP contribution in [0.3, 0.4) is 0 Å². The Morgan fingerprint density at radius 2 is 2.15 bits per heavy atom. The van der Waals surface area contributed by atoms with Gasteiger partial charge in [-0.2, -0.15) is 0 Å². The number of aromatic nitrogens is 1. The molecule has 2 N–H and O–H groups in total. The van der Waals surface area contributed by atoms with E-state index >= 15 is 0 Å². The molecule has 5 nitrogen and oxygen atoms in total. The van der Waals surface area contributed by atoms with Crippen molar-refractivity contribution in [3.8, 4) is 0 Å². The SMILES string of the molecule is COCCN(Cc1ccccn1)C(=O)[C@H](N)C(C)(C)C. The second-order valence-electron chi connectivity index (χ2n) is 5.92. The fourth-order valence-electron chi connectivity index (χ4n) is 1.72. The molecule has 0 fully saturated rings. The van der Waals surface area contributed by atoms with Gasteiger partial charge in [0.1, 0.15) is 0 Å². The second-order valence-corrected chi connectivity index (χ2v) is 5.92. The summed E-state index contributed by atoms with van der Waals surface area (Å²) in [5.74, 6) is -0.0693. The van der Waals surface area contributed by atoms with Crippen LogP contribution in [0.4, 0.5) is 0 Å². The van der Waals surface area contributed by atoms with Gasteiger partial charge in [-0.25, -0.2) is 0 Å². The number of carbonyl (C=O) groups is 1. The van der Waals surface area contributed by atoms with E-state index in [0.29, 0.717) is 19.7 Å². The maximum Gasteiger partial charge on any atom is 0.240 e. The van der Waals surface area contributed by atoms with E-state index in [-0.39, 0.29) is 11.3 Å². The molecule has 1 amide bonds. The van der Waals surface area contributed by atoms with Crippen LogP contribution in [-0.2, 0) is 16.1 Å². The van der Waals surface area contributed by atoms with E-state index in [1.54, 1.807) is 18.2 Å². The molecule has 1 aromatic heterocycles. The van der Waals surface area contributed by atoms with Crippen molar-refractivity contribution in [2.75, 3.05) is 20.3 Å². The third kappa shape index (κ3) is 4.90. The minimum Gasteiger partial charge on any atom is -0.383 e. The minimum absolute atomic E-state index is 0.0693. The van der Waals surface area contributed by atoms with Crippen LogP contribution in [0, 0.1) is 5.41 Å². The van der Waals surface area contributed by atoms with Gasteiger partial charge in [-0.05, 0) is 17.5 Å². The predicted molar refractivity (Wildman–Crippen MR) is 79.0 cm³/mol. The van der Waals surface area contributed by atoms with E-state index < -0.39 is 6.04 Å². The number of nitrogens with zero attached hydrogens (tertiary/aromatic N) is 2. The first kappa shape index (κ1) is 16.6. The minimum atomic E-state index is -0.539. The van der Waals surface area contributed by atoms with E-state index in [9.17, 15) is 4.79 Å². The van der Waals surface area contributed by atoms with Crippen LogP contribution in [0.2, 0.25) is 0 Å². The summed E-state index contributed by atoms with van der Waals surface area (Å²) in [7, 11) is 1.62. The summed E-state index contributed by atoms with van der Waals surface area (Å²) >= 11 is 0. The molecule has 1 rings (SSSR count). The van der Waals surface area contributed by atoms with E-state index in [2.05, 4.69) is 4.98 Å². The van der Waals surface area contributed by atoms with Crippen LogP contribution in [0.25, 0.3) is 0 Å². The van der Waals surface area contributed by atoms with Gasteiger partial charge in [0.15, 0.2) is 0 Å². The first-order valence-electron chi connectivity index (χ1n) is 6.79. The van der Waals surface area contributed by atoms with Crippen molar-refractivity contribution in [2.24, 2.45) is 11.1 Å². The van der Waals surface area contributed by atoms with Crippen LogP contribution < -0.4 is 5.73 Å². The lowest BCUT2D eigenvalue weighted by Gasteiger charge is -2.31. The van der Waals surface area contributed by atoms with Gasteiger partial charge in [-0.1, -0.05) is 26.8 Å². The Hall–Kier alpha value is -1.46. The lowest BCUT2D eigenvalue weighted by atomic mass is 9.86. The largest absolute Gasteiger partial charge is 0.383 e. The zero-order valence-electron chi connectivity index (χ0n) is 12.8. The fourth-order valence-corrected chi connectivity index (χ4v) is 1.72. The van der Waals surface area contributed by atoms with Crippen LogP contribution in [0.1, 0.15) is 26.5 Å². The van der Waals surface area contributed by atoms with Gasteiger partial charge < -0.3 is 15.4 Å². The molecule has 0 aliphatic rings. The smallest absolute Gasteiger partial charge is 0.240 e. The monoisotopic (exact) mass is 279 g/mol. The Balaban J connectivity index is 2.81. The lowest BCUT2D eigenvalue weighted by Crippen LogP contribution is -2.50. The highest BCUT2D eigenvalue weighted by Crippen LogP contribution is 2.19. The maximum absolute atomic E-state index is 12.5. The van der Waals surface area contributed by atoms with Gasteiger partial charge in [0.05, 0.1) is 24.9 Å². The topological polar surface area (TPSA) is 68.5 Å². The molecule has 1 atom stereocenters. The molecule has 5 heteroatoms. The molecule has 0 saturated carbocycles. The molecule has 20 heavy (non-hydrogen) atoms. The third-order valence-corrected chi connectivity index (χ3v) is 3.16. The van der Waals surface area contributed by atoms with Crippen molar-refractivity contribution in [1.82, 2.24) is 9.88 Å². The zero-order chi connectivity index (χ0) is 15.2. The summed E-state index contributed by atoms with van der Waals surface area (Å²) in [5, 5.41) is 0. The van der Waals surface area contributed by atoms with E-state index in [4.69, 9.17) is 10.5 Å². The first-order chi connectivity index (χ1) is 9.36. The Labute approximate surface area is 121 Å². The maximum atomic E-state index is 12.5. The molecule has 0 aliphatic carbocycles. The van der Waals surface area contributed by atoms with Gasteiger partial charge in [0.2, 0.25) is 5.91 Å². The Morgan fingerprint density at radius 1 is 1.45 bits per heavy atom. The van der Waals surface area contributed by atoms with Crippen molar-refractivity contribution < 1.29 is 9.53 Å². The van der Waals surface area contributed by atoms with Crippen LogP contribution in [0.15, 0.2) is 24.4 Å². The van der Waals surface area contributed by atoms with Gasteiger partial charge in [0, 0.05) is 19.9 Å². The number of amides is 1. The number of hydrogen-bond donors (Lipinski definition) is 1. The molecular formula is C15H25N3O2. The molecule has 0 unspecified atom stereocenters. The summed E-state index contributed by atoms with van der Waals surface area (Å²) < 4.78 is 5.07. The number of hydrogen-bond acceptors (Lipinski definition) is 4. The van der Waals surface area contributed by atoms with Crippen molar-refractivity contribution in [3.63, 3.8) is 0 Å². The molecule has 0 aliphatic heterocycles. The van der Waals surface area contributed by atoms with Gasteiger partial charge in [-0.15, -0.1) is 0 Å². The van der Waals surface area contributed by atoms with Crippen molar-refractivity contribution >= 4 is 5.91 Å².